The molecular weight excluding hydrogens is 291 g/mol. The predicted octanol–water partition coefficient (Wildman–Crippen LogP) is 4.75. The molecule has 2 nitrogen and oxygen atoms in total. The van der Waals surface area contributed by atoms with Gasteiger partial charge in [0, 0.05) is 5.02 Å². The lowest BCUT2D eigenvalue weighted by atomic mass is 10.1. The number of ether oxygens (including phenoxy) is 2. The quantitative estimate of drug-likeness (QED) is 0.759. The molecule has 2 aromatic rings. The van der Waals surface area contributed by atoms with Gasteiger partial charge in [0.1, 0.15) is 11.5 Å². The van der Waals surface area contributed by atoms with E-state index in [0.29, 0.717) is 10.8 Å². The van der Waals surface area contributed by atoms with E-state index in [4.69, 9.17) is 32.7 Å². The van der Waals surface area contributed by atoms with E-state index in [-0.39, 0.29) is 5.38 Å². The third-order valence-electron chi connectivity index (χ3n) is 2.59. The maximum atomic E-state index is 6.46. The van der Waals surface area contributed by atoms with Crippen molar-refractivity contribution in [1.29, 1.82) is 0 Å². The van der Waals surface area contributed by atoms with Crippen molar-refractivity contribution in [2.75, 3.05) is 14.2 Å². The van der Waals surface area contributed by atoms with Crippen LogP contribution in [0, 0.1) is 0 Å². The molecule has 0 N–H and O–H groups in total. The Morgan fingerprint density at radius 2 is 1.94 bits per heavy atom. The fourth-order valence-electron chi connectivity index (χ4n) is 1.64. The molecule has 0 saturated carbocycles. The summed E-state index contributed by atoms with van der Waals surface area (Å²) in [5, 5.41) is 2.21. The zero-order valence-corrected chi connectivity index (χ0v) is 12.3. The second-order valence-electron chi connectivity index (χ2n) is 3.60. The predicted molar refractivity (Wildman–Crippen MR) is 76.6 cm³/mol. The molecule has 0 spiro atoms. The maximum Gasteiger partial charge on any atom is 0.134 e. The van der Waals surface area contributed by atoms with Gasteiger partial charge in [-0.1, -0.05) is 17.7 Å². The number of rotatable bonds is 4. The molecule has 0 aliphatic heterocycles. The minimum atomic E-state index is -0.321. The first-order valence-corrected chi connectivity index (χ1v) is 6.95. The minimum absolute atomic E-state index is 0.321. The van der Waals surface area contributed by atoms with E-state index < -0.39 is 0 Å². The molecule has 18 heavy (non-hydrogen) atoms. The summed E-state index contributed by atoms with van der Waals surface area (Å²) in [6.07, 6.45) is 0. The van der Waals surface area contributed by atoms with Crippen LogP contribution in [0.3, 0.4) is 0 Å². The summed E-state index contributed by atoms with van der Waals surface area (Å²) >= 11 is 14.2. The highest BCUT2D eigenvalue weighted by Gasteiger charge is 2.19. The summed E-state index contributed by atoms with van der Waals surface area (Å²) in [6.45, 7) is 0. The van der Waals surface area contributed by atoms with E-state index in [1.54, 1.807) is 31.6 Å². The Bertz CT molecular complexity index is 540. The highest BCUT2D eigenvalue weighted by Crippen LogP contribution is 2.42. The average molecular weight is 303 g/mol. The fourth-order valence-corrected chi connectivity index (χ4v) is 3.28. The maximum absolute atomic E-state index is 6.46. The molecule has 0 bridgehead atoms. The molecule has 1 atom stereocenters. The Kier molecular flexibility index (Phi) is 4.38. The molecule has 0 radical (unpaired) electrons. The van der Waals surface area contributed by atoms with Gasteiger partial charge in [-0.05, 0) is 29.1 Å². The van der Waals surface area contributed by atoms with Crippen LogP contribution in [0.4, 0.5) is 0 Å². The summed E-state index contributed by atoms with van der Waals surface area (Å²) in [5.74, 6) is 1.50. The van der Waals surface area contributed by atoms with Gasteiger partial charge >= 0.3 is 0 Å². The Labute approximate surface area is 120 Å². The third kappa shape index (κ3) is 2.58. The average Bonchev–Trinajstić information content (AvgIpc) is 2.86. The summed E-state index contributed by atoms with van der Waals surface area (Å²) in [7, 11) is 3.23. The van der Waals surface area contributed by atoms with E-state index >= 15 is 0 Å². The highest BCUT2D eigenvalue weighted by molar-refractivity contribution is 7.10. The van der Waals surface area contributed by atoms with Crippen LogP contribution in [0.5, 0.6) is 11.5 Å². The lowest BCUT2D eigenvalue weighted by molar-refractivity contribution is 0.412. The zero-order chi connectivity index (χ0) is 13.1. The van der Waals surface area contributed by atoms with E-state index in [2.05, 4.69) is 0 Å². The molecule has 0 saturated heterocycles. The van der Waals surface area contributed by atoms with Crippen molar-refractivity contribution in [2.45, 2.75) is 5.38 Å². The summed E-state index contributed by atoms with van der Waals surface area (Å²) in [5.41, 5.74) is 0.847. The molecule has 1 unspecified atom stereocenters. The van der Waals surface area contributed by atoms with Crippen molar-refractivity contribution in [3.63, 3.8) is 0 Å². The lowest BCUT2D eigenvalue weighted by Crippen LogP contribution is -1.95. The highest BCUT2D eigenvalue weighted by atomic mass is 35.5. The first-order chi connectivity index (χ1) is 8.67. The molecule has 2 rings (SSSR count). The minimum Gasteiger partial charge on any atom is -0.497 e. The second-order valence-corrected chi connectivity index (χ2v) is 5.39. The monoisotopic (exact) mass is 302 g/mol. The normalized spacial score (nSPS) is 12.2. The van der Waals surface area contributed by atoms with Crippen LogP contribution >= 0.6 is 34.5 Å². The van der Waals surface area contributed by atoms with Gasteiger partial charge in [0.05, 0.1) is 24.5 Å². The molecule has 1 heterocycles. The van der Waals surface area contributed by atoms with Crippen LogP contribution < -0.4 is 9.47 Å². The van der Waals surface area contributed by atoms with Gasteiger partial charge in [-0.15, -0.1) is 22.9 Å². The molecule has 0 aliphatic rings. The third-order valence-corrected chi connectivity index (χ3v) is 4.46. The number of hydrogen-bond donors (Lipinski definition) is 0. The van der Waals surface area contributed by atoms with E-state index in [0.717, 1.165) is 16.2 Å². The Balaban J connectivity index is 2.37. The second kappa shape index (κ2) is 5.83. The smallest absolute Gasteiger partial charge is 0.134 e. The van der Waals surface area contributed by atoms with Crippen molar-refractivity contribution in [3.05, 3.63) is 45.1 Å². The van der Waals surface area contributed by atoms with Gasteiger partial charge < -0.3 is 9.47 Å². The first kappa shape index (κ1) is 13.5. The number of methoxy groups -OCH3 is 2. The standard InChI is InChI=1S/C13H12Cl2O2S/c1-16-8-3-4-9(10(14)7-8)12(15)13-11(17-2)5-6-18-13/h3-7,12H,1-2H3. The molecule has 5 heteroatoms. The molecule has 0 fully saturated rings. The van der Waals surface area contributed by atoms with Gasteiger partial charge in [0.25, 0.3) is 0 Å². The number of benzene rings is 1. The SMILES string of the molecule is COc1ccc(C(Cl)c2sccc2OC)c(Cl)c1. The summed E-state index contributed by atoms with van der Waals surface area (Å²) < 4.78 is 10.4. The number of halogens is 2. The number of hydrogen-bond acceptors (Lipinski definition) is 3. The molecular formula is C13H12Cl2O2S. The lowest BCUT2D eigenvalue weighted by Gasteiger charge is -2.13. The Morgan fingerprint density at radius 1 is 1.17 bits per heavy atom. The largest absolute Gasteiger partial charge is 0.497 e. The zero-order valence-electron chi connectivity index (χ0n) is 9.94. The van der Waals surface area contributed by atoms with Crippen LogP contribution in [0.15, 0.2) is 29.6 Å². The fraction of sp³-hybridized carbons (Fsp3) is 0.231. The topological polar surface area (TPSA) is 18.5 Å². The van der Waals surface area contributed by atoms with Gasteiger partial charge in [-0.25, -0.2) is 0 Å². The van der Waals surface area contributed by atoms with E-state index in [1.807, 2.05) is 23.6 Å². The molecule has 1 aromatic heterocycles. The molecule has 0 aliphatic carbocycles. The summed E-state index contributed by atoms with van der Waals surface area (Å²) in [6, 6.07) is 7.37. The van der Waals surface area contributed by atoms with Crippen LogP contribution in [-0.2, 0) is 0 Å². The van der Waals surface area contributed by atoms with Gasteiger partial charge in [0.15, 0.2) is 0 Å². The van der Waals surface area contributed by atoms with Crippen molar-refractivity contribution in [2.24, 2.45) is 0 Å². The van der Waals surface area contributed by atoms with Crippen LogP contribution in [0.2, 0.25) is 5.02 Å². The first-order valence-electron chi connectivity index (χ1n) is 5.26. The van der Waals surface area contributed by atoms with E-state index in [9.17, 15) is 0 Å². The van der Waals surface area contributed by atoms with Crippen LogP contribution in [-0.4, -0.2) is 14.2 Å². The van der Waals surface area contributed by atoms with Gasteiger partial charge in [-0.3, -0.25) is 0 Å². The van der Waals surface area contributed by atoms with Crippen molar-refractivity contribution in [3.8, 4) is 11.5 Å². The van der Waals surface area contributed by atoms with Gasteiger partial charge in [-0.2, -0.15) is 0 Å². The van der Waals surface area contributed by atoms with Crippen molar-refractivity contribution < 1.29 is 9.47 Å². The Hall–Kier alpha value is -0.900. The van der Waals surface area contributed by atoms with E-state index in [1.165, 1.54) is 0 Å². The van der Waals surface area contributed by atoms with Crippen LogP contribution in [0.25, 0.3) is 0 Å². The number of thiophene rings is 1. The van der Waals surface area contributed by atoms with Crippen LogP contribution in [0.1, 0.15) is 15.8 Å². The van der Waals surface area contributed by atoms with Crippen molar-refractivity contribution in [1.82, 2.24) is 0 Å². The Morgan fingerprint density at radius 3 is 2.56 bits per heavy atom. The van der Waals surface area contributed by atoms with Crippen molar-refractivity contribution >= 4 is 34.5 Å². The van der Waals surface area contributed by atoms with Gasteiger partial charge in [0.2, 0.25) is 0 Å². The summed E-state index contributed by atoms with van der Waals surface area (Å²) in [4.78, 5) is 0.950. The molecule has 1 aromatic carbocycles. The number of alkyl halides is 1. The molecule has 0 amide bonds. The molecule has 96 valence electrons.